The van der Waals surface area contributed by atoms with Crippen molar-refractivity contribution in [2.75, 3.05) is 0 Å². The van der Waals surface area contributed by atoms with Crippen LogP contribution in [-0.4, -0.2) is 17.3 Å². The van der Waals surface area contributed by atoms with Gasteiger partial charge in [0.25, 0.3) is 0 Å². The Morgan fingerprint density at radius 3 is 2.56 bits per heavy atom. The Morgan fingerprint density at radius 2 is 2.00 bits per heavy atom. The van der Waals surface area contributed by atoms with E-state index < -0.39 is 5.38 Å². The highest BCUT2D eigenvalue weighted by Crippen LogP contribution is 2.23. The minimum atomic E-state index is -0.475. The van der Waals surface area contributed by atoms with Crippen molar-refractivity contribution in [3.05, 3.63) is 29.8 Å². The van der Waals surface area contributed by atoms with Crippen LogP contribution in [0.4, 0.5) is 0 Å². The molecule has 3 heteroatoms. The predicted octanol–water partition coefficient (Wildman–Crippen LogP) is 3.67. The quantitative estimate of drug-likeness (QED) is 0.580. The molecule has 0 amide bonds. The third-order valence-electron chi connectivity index (χ3n) is 2.16. The number of carbonyl (C=O) groups excluding carboxylic acids is 1. The van der Waals surface area contributed by atoms with E-state index in [2.05, 4.69) is 0 Å². The number of carbonyl (C=O) groups is 1. The van der Waals surface area contributed by atoms with Crippen molar-refractivity contribution in [2.24, 2.45) is 0 Å². The van der Waals surface area contributed by atoms with E-state index in [9.17, 15) is 4.79 Å². The summed E-state index contributed by atoms with van der Waals surface area (Å²) in [5.41, 5.74) is 0.568. The second kappa shape index (κ2) is 5.90. The molecule has 0 fully saturated rings. The molecule has 1 atom stereocenters. The SMILES string of the molecule is CCC(Cl)C(=O)c1ccccc1OC(C)C. The highest BCUT2D eigenvalue weighted by atomic mass is 35.5. The standard InChI is InChI=1S/C13H17ClO2/c1-4-11(14)13(15)10-7-5-6-8-12(10)16-9(2)3/h5-9,11H,4H2,1-3H3. The van der Waals surface area contributed by atoms with Crippen molar-refractivity contribution in [3.63, 3.8) is 0 Å². The first-order chi connectivity index (χ1) is 7.56. The zero-order valence-corrected chi connectivity index (χ0v) is 10.6. The lowest BCUT2D eigenvalue weighted by Gasteiger charge is -2.14. The number of ether oxygens (including phenoxy) is 1. The molecule has 0 saturated carbocycles. The van der Waals surface area contributed by atoms with Crippen molar-refractivity contribution in [2.45, 2.75) is 38.7 Å². The molecule has 0 N–H and O–H groups in total. The summed E-state index contributed by atoms with van der Waals surface area (Å²) in [7, 11) is 0. The maximum atomic E-state index is 12.0. The average molecular weight is 241 g/mol. The van der Waals surface area contributed by atoms with Crippen LogP contribution in [0.1, 0.15) is 37.6 Å². The average Bonchev–Trinajstić information content (AvgIpc) is 2.27. The van der Waals surface area contributed by atoms with E-state index >= 15 is 0 Å². The monoisotopic (exact) mass is 240 g/mol. The number of para-hydroxylation sites is 1. The number of halogens is 1. The van der Waals surface area contributed by atoms with Gasteiger partial charge in [-0.05, 0) is 32.4 Å². The summed E-state index contributed by atoms with van der Waals surface area (Å²) in [4.78, 5) is 12.0. The van der Waals surface area contributed by atoms with Gasteiger partial charge in [0.1, 0.15) is 5.75 Å². The Kier molecular flexibility index (Phi) is 4.81. The Morgan fingerprint density at radius 1 is 1.38 bits per heavy atom. The lowest BCUT2D eigenvalue weighted by atomic mass is 10.1. The molecular formula is C13H17ClO2. The van der Waals surface area contributed by atoms with Crippen LogP contribution in [0.2, 0.25) is 0 Å². The van der Waals surface area contributed by atoms with Gasteiger partial charge in [-0.25, -0.2) is 0 Å². The number of hydrogen-bond donors (Lipinski definition) is 0. The second-order valence-electron chi connectivity index (χ2n) is 3.90. The molecule has 0 saturated heterocycles. The van der Waals surface area contributed by atoms with Gasteiger partial charge >= 0.3 is 0 Å². The number of Topliss-reactive ketones (excluding diaryl/α,β-unsaturated/α-hetero) is 1. The van der Waals surface area contributed by atoms with Gasteiger partial charge in [0, 0.05) is 0 Å². The molecule has 0 aliphatic rings. The highest BCUT2D eigenvalue weighted by molar-refractivity contribution is 6.34. The molecule has 0 radical (unpaired) electrons. The molecule has 0 aliphatic heterocycles. The van der Waals surface area contributed by atoms with Crippen LogP contribution in [0.15, 0.2) is 24.3 Å². The fraction of sp³-hybridized carbons (Fsp3) is 0.462. The molecule has 16 heavy (non-hydrogen) atoms. The first-order valence-electron chi connectivity index (χ1n) is 5.50. The molecular weight excluding hydrogens is 224 g/mol. The van der Waals surface area contributed by atoms with Crippen LogP contribution in [-0.2, 0) is 0 Å². The van der Waals surface area contributed by atoms with Gasteiger partial charge in [-0.15, -0.1) is 11.6 Å². The Bertz CT molecular complexity index is 361. The van der Waals surface area contributed by atoms with E-state index in [0.717, 1.165) is 0 Å². The van der Waals surface area contributed by atoms with Gasteiger partial charge < -0.3 is 4.74 Å². The maximum Gasteiger partial charge on any atom is 0.184 e. The Balaban J connectivity index is 2.98. The highest BCUT2D eigenvalue weighted by Gasteiger charge is 2.19. The molecule has 1 unspecified atom stereocenters. The first kappa shape index (κ1) is 13.0. The van der Waals surface area contributed by atoms with Crippen LogP contribution < -0.4 is 4.74 Å². The fourth-order valence-corrected chi connectivity index (χ4v) is 1.50. The van der Waals surface area contributed by atoms with Crippen molar-refractivity contribution in [3.8, 4) is 5.75 Å². The van der Waals surface area contributed by atoms with E-state index in [0.29, 0.717) is 17.7 Å². The largest absolute Gasteiger partial charge is 0.490 e. The minimum absolute atomic E-state index is 0.0457. The second-order valence-corrected chi connectivity index (χ2v) is 4.43. The summed E-state index contributed by atoms with van der Waals surface area (Å²) >= 11 is 5.95. The normalized spacial score (nSPS) is 12.6. The van der Waals surface area contributed by atoms with E-state index in [4.69, 9.17) is 16.3 Å². The van der Waals surface area contributed by atoms with Gasteiger partial charge in [-0.3, -0.25) is 4.79 Å². The lowest BCUT2D eigenvalue weighted by molar-refractivity contribution is 0.0980. The Labute approximate surface area is 102 Å². The summed E-state index contributed by atoms with van der Waals surface area (Å²) in [6.45, 7) is 5.75. The van der Waals surface area contributed by atoms with E-state index in [-0.39, 0.29) is 11.9 Å². The number of rotatable bonds is 5. The van der Waals surface area contributed by atoms with Crippen molar-refractivity contribution >= 4 is 17.4 Å². The molecule has 0 aliphatic carbocycles. The van der Waals surface area contributed by atoms with Crippen molar-refractivity contribution in [1.29, 1.82) is 0 Å². The van der Waals surface area contributed by atoms with Crippen LogP contribution in [0, 0.1) is 0 Å². The molecule has 0 aromatic heterocycles. The first-order valence-corrected chi connectivity index (χ1v) is 5.93. The maximum absolute atomic E-state index is 12.0. The minimum Gasteiger partial charge on any atom is -0.490 e. The van der Waals surface area contributed by atoms with Crippen LogP contribution in [0.25, 0.3) is 0 Å². The molecule has 1 aromatic rings. The smallest absolute Gasteiger partial charge is 0.184 e. The molecule has 88 valence electrons. The predicted molar refractivity (Wildman–Crippen MR) is 66.5 cm³/mol. The van der Waals surface area contributed by atoms with Crippen LogP contribution in [0.5, 0.6) is 5.75 Å². The molecule has 2 nitrogen and oxygen atoms in total. The third-order valence-corrected chi connectivity index (χ3v) is 2.66. The molecule has 0 bridgehead atoms. The molecule has 1 aromatic carbocycles. The van der Waals surface area contributed by atoms with Crippen LogP contribution in [0.3, 0.4) is 0 Å². The number of alkyl halides is 1. The van der Waals surface area contributed by atoms with Crippen LogP contribution >= 0.6 is 11.6 Å². The molecule has 0 spiro atoms. The summed E-state index contributed by atoms with van der Waals surface area (Å²) in [6, 6.07) is 7.22. The van der Waals surface area contributed by atoms with Crippen molar-refractivity contribution in [1.82, 2.24) is 0 Å². The topological polar surface area (TPSA) is 26.3 Å². The number of ketones is 1. The van der Waals surface area contributed by atoms with Gasteiger partial charge in [-0.2, -0.15) is 0 Å². The zero-order valence-electron chi connectivity index (χ0n) is 9.87. The third kappa shape index (κ3) is 3.24. The van der Waals surface area contributed by atoms with E-state index in [1.54, 1.807) is 12.1 Å². The lowest BCUT2D eigenvalue weighted by Crippen LogP contribution is -2.16. The zero-order chi connectivity index (χ0) is 12.1. The summed E-state index contributed by atoms with van der Waals surface area (Å²) in [6.07, 6.45) is 0.667. The van der Waals surface area contributed by atoms with E-state index in [1.807, 2.05) is 32.9 Å². The van der Waals surface area contributed by atoms with Gasteiger partial charge in [-0.1, -0.05) is 19.1 Å². The van der Waals surface area contributed by atoms with Gasteiger partial charge in [0.2, 0.25) is 0 Å². The Hall–Kier alpha value is -1.02. The number of benzene rings is 1. The molecule has 0 heterocycles. The van der Waals surface area contributed by atoms with Gasteiger partial charge in [0.05, 0.1) is 17.0 Å². The summed E-state index contributed by atoms with van der Waals surface area (Å²) in [5.74, 6) is 0.544. The fourth-order valence-electron chi connectivity index (χ4n) is 1.38. The summed E-state index contributed by atoms with van der Waals surface area (Å²) < 4.78 is 5.58. The van der Waals surface area contributed by atoms with Crippen molar-refractivity contribution < 1.29 is 9.53 Å². The summed E-state index contributed by atoms with van der Waals surface area (Å²) in [5, 5.41) is -0.475. The molecule has 1 rings (SSSR count). The van der Waals surface area contributed by atoms with Gasteiger partial charge in [0.15, 0.2) is 5.78 Å². The number of hydrogen-bond acceptors (Lipinski definition) is 2. The van der Waals surface area contributed by atoms with E-state index in [1.165, 1.54) is 0 Å².